The van der Waals surface area contributed by atoms with E-state index in [4.69, 9.17) is 45.9 Å². The van der Waals surface area contributed by atoms with Crippen molar-refractivity contribution in [2.75, 3.05) is 23.0 Å². The predicted molar refractivity (Wildman–Crippen MR) is 98.3 cm³/mol. The van der Waals surface area contributed by atoms with Crippen molar-refractivity contribution in [1.82, 2.24) is 0 Å². The van der Waals surface area contributed by atoms with Gasteiger partial charge in [-0.05, 0) is 55.5 Å². The molecule has 0 aromatic heterocycles. The highest BCUT2D eigenvalue weighted by Gasteiger charge is 2.06. The Hall–Kier alpha value is -1.69. The van der Waals surface area contributed by atoms with Gasteiger partial charge in [0, 0.05) is 11.4 Å². The molecule has 0 radical (unpaired) electrons. The van der Waals surface area contributed by atoms with Crippen LogP contribution in [0.1, 0.15) is 6.92 Å². The van der Waals surface area contributed by atoms with Gasteiger partial charge in [-0.1, -0.05) is 23.2 Å². The Morgan fingerprint density at radius 1 is 1.09 bits per heavy atom. The number of hydrogen-bond donors (Lipinski definition) is 3. The van der Waals surface area contributed by atoms with E-state index in [1.807, 2.05) is 31.2 Å². The summed E-state index contributed by atoms with van der Waals surface area (Å²) in [7, 11) is 0. The summed E-state index contributed by atoms with van der Waals surface area (Å²) in [4.78, 5) is 0. The molecule has 2 aromatic rings. The Balaban J connectivity index is 2.01. The Labute approximate surface area is 144 Å². The summed E-state index contributed by atoms with van der Waals surface area (Å²) in [6, 6.07) is 10.8. The van der Waals surface area contributed by atoms with Gasteiger partial charge >= 0.3 is 0 Å². The summed E-state index contributed by atoms with van der Waals surface area (Å²) >= 11 is 17.2. The lowest BCUT2D eigenvalue weighted by Crippen LogP contribution is -2.19. The molecular weight excluding hydrogens is 341 g/mol. The first-order chi connectivity index (χ1) is 10.5. The lowest BCUT2D eigenvalue weighted by atomic mass is 10.3. The summed E-state index contributed by atoms with van der Waals surface area (Å²) in [6.45, 7) is 2.57. The van der Waals surface area contributed by atoms with Crippen LogP contribution in [0.5, 0.6) is 5.75 Å². The van der Waals surface area contributed by atoms with E-state index in [0.717, 1.165) is 11.4 Å². The van der Waals surface area contributed by atoms with Crippen LogP contribution in [0.25, 0.3) is 0 Å². The zero-order valence-electron chi connectivity index (χ0n) is 11.8. The third-order valence-corrected chi connectivity index (χ3v) is 3.59. The van der Waals surface area contributed by atoms with Crippen molar-refractivity contribution in [2.45, 2.75) is 6.92 Å². The van der Waals surface area contributed by atoms with Crippen LogP contribution < -0.4 is 21.1 Å². The van der Waals surface area contributed by atoms with E-state index in [9.17, 15) is 0 Å². The molecule has 116 valence electrons. The lowest BCUT2D eigenvalue weighted by molar-refractivity contribution is 0.340. The van der Waals surface area contributed by atoms with Crippen molar-refractivity contribution in [3.05, 3.63) is 46.4 Å². The number of hydrogen-bond acceptors (Lipinski definition) is 3. The molecule has 0 fully saturated rings. The number of thiocarbonyl (C=S) groups is 1. The van der Waals surface area contributed by atoms with Gasteiger partial charge in [0.2, 0.25) is 0 Å². The Bertz CT molecular complexity index is 654. The van der Waals surface area contributed by atoms with E-state index in [-0.39, 0.29) is 0 Å². The minimum Gasteiger partial charge on any atom is -0.494 e. The number of rotatable bonds is 4. The molecule has 0 spiro atoms. The zero-order valence-corrected chi connectivity index (χ0v) is 14.1. The van der Waals surface area contributed by atoms with Crippen molar-refractivity contribution < 1.29 is 4.74 Å². The van der Waals surface area contributed by atoms with Gasteiger partial charge in [-0.3, -0.25) is 0 Å². The Morgan fingerprint density at radius 2 is 1.64 bits per heavy atom. The van der Waals surface area contributed by atoms with E-state index in [0.29, 0.717) is 33.1 Å². The molecule has 22 heavy (non-hydrogen) atoms. The van der Waals surface area contributed by atoms with Crippen LogP contribution in [0.3, 0.4) is 0 Å². The molecule has 0 atom stereocenters. The van der Waals surface area contributed by atoms with Gasteiger partial charge in [-0.2, -0.15) is 0 Å². The molecule has 2 aromatic carbocycles. The summed E-state index contributed by atoms with van der Waals surface area (Å²) in [6.07, 6.45) is 0. The first-order valence-electron chi connectivity index (χ1n) is 6.55. The topological polar surface area (TPSA) is 59.3 Å². The van der Waals surface area contributed by atoms with Gasteiger partial charge < -0.3 is 21.1 Å². The maximum atomic E-state index is 5.98. The molecule has 0 bridgehead atoms. The van der Waals surface area contributed by atoms with Crippen LogP contribution in [0.4, 0.5) is 17.1 Å². The summed E-state index contributed by atoms with van der Waals surface area (Å²) in [5, 5.41) is 7.23. The first-order valence-corrected chi connectivity index (χ1v) is 7.71. The van der Waals surface area contributed by atoms with Gasteiger partial charge in [0.1, 0.15) is 5.75 Å². The van der Waals surface area contributed by atoms with Crippen LogP contribution in [0, 0.1) is 0 Å². The van der Waals surface area contributed by atoms with Crippen molar-refractivity contribution >= 4 is 57.6 Å². The highest BCUT2D eigenvalue weighted by molar-refractivity contribution is 7.80. The summed E-state index contributed by atoms with van der Waals surface area (Å²) in [5.41, 5.74) is 7.54. The number of halogens is 2. The van der Waals surface area contributed by atoms with Crippen molar-refractivity contribution in [3.8, 4) is 5.75 Å². The number of nitrogen functional groups attached to an aromatic ring is 1. The van der Waals surface area contributed by atoms with Gasteiger partial charge in [0.25, 0.3) is 0 Å². The third-order valence-electron chi connectivity index (χ3n) is 2.76. The number of nitrogens with two attached hydrogens (primary N) is 1. The molecule has 0 saturated carbocycles. The molecule has 4 nitrogen and oxygen atoms in total. The fourth-order valence-electron chi connectivity index (χ4n) is 1.75. The molecule has 0 unspecified atom stereocenters. The lowest BCUT2D eigenvalue weighted by Gasteiger charge is -2.12. The maximum Gasteiger partial charge on any atom is 0.175 e. The van der Waals surface area contributed by atoms with E-state index < -0.39 is 0 Å². The predicted octanol–water partition coefficient (Wildman–Crippen LogP) is 4.78. The van der Waals surface area contributed by atoms with Crippen molar-refractivity contribution in [3.63, 3.8) is 0 Å². The molecule has 0 aliphatic rings. The smallest absolute Gasteiger partial charge is 0.175 e. The monoisotopic (exact) mass is 355 g/mol. The molecular formula is C15H15Cl2N3OS. The summed E-state index contributed by atoms with van der Waals surface area (Å²) in [5.74, 6) is 0.809. The van der Waals surface area contributed by atoms with E-state index in [1.54, 1.807) is 12.1 Å². The Kier molecular flexibility index (Phi) is 5.71. The number of anilines is 3. The minimum atomic E-state index is 0.347. The number of ether oxygens (including phenoxy) is 1. The number of benzene rings is 2. The van der Waals surface area contributed by atoms with E-state index in [2.05, 4.69) is 10.6 Å². The third kappa shape index (κ3) is 4.40. The van der Waals surface area contributed by atoms with Gasteiger partial charge in [-0.25, -0.2) is 0 Å². The molecule has 0 aliphatic carbocycles. The molecule has 0 heterocycles. The van der Waals surface area contributed by atoms with Gasteiger partial charge in [0.15, 0.2) is 5.11 Å². The maximum absolute atomic E-state index is 5.98. The fourth-order valence-corrected chi connectivity index (χ4v) is 2.47. The largest absolute Gasteiger partial charge is 0.494 e. The van der Waals surface area contributed by atoms with E-state index in [1.165, 1.54) is 0 Å². The van der Waals surface area contributed by atoms with Crippen molar-refractivity contribution in [2.24, 2.45) is 0 Å². The second-order valence-corrected chi connectivity index (χ2v) is 5.61. The SMILES string of the molecule is CCOc1ccc(NC(=S)Nc2cc(Cl)c(N)c(Cl)c2)cc1. The minimum absolute atomic E-state index is 0.347. The van der Waals surface area contributed by atoms with Crippen LogP contribution >= 0.6 is 35.4 Å². The standard InChI is InChI=1S/C15H15Cl2N3OS/c1-2-21-11-5-3-9(4-6-11)19-15(22)20-10-7-12(16)14(18)13(17)8-10/h3-8H,2,18H2,1H3,(H2,19,20,22). The molecule has 2 rings (SSSR count). The summed E-state index contributed by atoms with van der Waals surface area (Å²) < 4.78 is 5.38. The highest BCUT2D eigenvalue weighted by atomic mass is 35.5. The highest BCUT2D eigenvalue weighted by Crippen LogP contribution is 2.31. The fraction of sp³-hybridized carbons (Fsp3) is 0.133. The van der Waals surface area contributed by atoms with Crippen LogP contribution in [-0.2, 0) is 0 Å². The van der Waals surface area contributed by atoms with Gasteiger partial charge in [0.05, 0.1) is 22.3 Å². The average molecular weight is 356 g/mol. The molecule has 4 N–H and O–H groups in total. The zero-order chi connectivity index (χ0) is 16.1. The number of nitrogens with one attached hydrogen (secondary N) is 2. The second kappa shape index (κ2) is 7.54. The Morgan fingerprint density at radius 3 is 2.18 bits per heavy atom. The normalized spacial score (nSPS) is 10.1. The van der Waals surface area contributed by atoms with Crippen molar-refractivity contribution in [1.29, 1.82) is 0 Å². The first kappa shape index (κ1) is 16.7. The second-order valence-electron chi connectivity index (χ2n) is 4.39. The van der Waals surface area contributed by atoms with E-state index >= 15 is 0 Å². The molecule has 0 amide bonds. The van der Waals surface area contributed by atoms with Crippen LogP contribution in [-0.4, -0.2) is 11.7 Å². The molecule has 0 aliphatic heterocycles. The average Bonchev–Trinajstić information content (AvgIpc) is 2.47. The molecule has 7 heteroatoms. The van der Waals surface area contributed by atoms with Crippen LogP contribution in [0.2, 0.25) is 10.0 Å². The quantitative estimate of drug-likeness (QED) is 0.544. The van der Waals surface area contributed by atoms with Gasteiger partial charge in [-0.15, -0.1) is 0 Å². The molecule has 0 saturated heterocycles. The van der Waals surface area contributed by atoms with Crippen LogP contribution in [0.15, 0.2) is 36.4 Å².